The summed E-state index contributed by atoms with van der Waals surface area (Å²) in [7, 11) is 0. The van der Waals surface area contributed by atoms with E-state index in [2.05, 4.69) is 17.2 Å². The summed E-state index contributed by atoms with van der Waals surface area (Å²) in [5.74, 6) is 0.663. The second-order valence-corrected chi connectivity index (χ2v) is 7.02. The monoisotopic (exact) mass is 300 g/mol. The molecule has 1 unspecified atom stereocenters. The number of fused-ring (bicyclic) bond motifs is 1. The summed E-state index contributed by atoms with van der Waals surface area (Å²) in [5, 5.41) is 3.70. The van der Waals surface area contributed by atoms with E-state index in [1.54, 1.807) is 11.3 Å². The van der Waals surface area contributed by atoms with Gasteiger partial charge in [0.05, 0.1) is 5.69 Å². The standard InChI is InChI=1S/C17H20N2OS/c1-10-7-8-14-15(9-10)21-17(18-14)19-16(20)13-6-4-5-11(2)12(13)3/h4-6,10H,7-9H2,1-3H3,(H,18,19,20). The number of hydrogen-bond donors (Lipinski definition) is 1. The summed E-state index contributed by atoms with van der Waals surface area (Å²) in [6.45, 7) is 6.28. The minimum atomic E-state index is -0.0599. The highest BCUT2D eigenvalue weighted by molar-refractivity contribution is 7.15. The molecule has 110 valence electrons. The molecule has 1 heterocycles. The van der Waals surface area contributed by atoms with Gasteiger partial charge < -0.3 is 0 Å². The highest BCUT2D eigenvalue weighted by Crippen LogP contribution is 2.32. The maximum Gasteiger partial charge on any atom is 0.257 e. The maximum atomic E-state index is 12.4. The quantitative estimate of drug-likeness (QED) is 0.905. The molecular weight excluding hydrogens is 280 g/mol. The van der Waals surface area contributed by atoms with Crippen LogP contribution >= 0.6 is 11.3 Å². The SMILES string of the molecule is Cc1cccc(C(=O)Nc2nc3c(s2)CC(C)CC3)c1C. The number of amides is 1. The molecule has 3 rings (SSSR count). The number of benzene rings is 1. The molecule has 1 aromatic carbocycles. The lowest BCUT2D eigenvalue weighted by Crippen LogP contribution is -2.13. The number of aromatic nitrogens is 1. The molecule has 0 saturated carbocycles. The van der Waals surface area contributed by atoms with Crippen LogP contribution in [0.1, 0.15) is 45.4 Å². The second-order valence-electron chi connectivity index (χ2n) is 5.94. The van der Waals surface area contributed by atoms with Gasteiger partial charge in [-0.05, 0) is 56.2 Å². The van der Waals surface area contributed by atoms with Crippen LogP contribution in [0.4, 0.5) is 5.13 Å². The Kier molecular flexibility index (Phi) is 3.81. The largest absolute Gasteiger partial charge is 0.298 e. The molecule has 1 aromatic heterocycles. The van der Waals surface area contributed by atoms with Crippen LogP contribution in [0.2, 0.25) is 0 Å². The molecule has 0 fully saturated rings. The fourth-order valence-electron chi connectivity index (χ4n) is 2.75. The summed E-state index contributed by atoms with van der Waals surface area (Å²) >= 11 is 1.63. The van der Waals surface area contributed by atoms with Gasteiger partial charge in [-0.1, -0.05) is 19.1 Å². The van der Waals surface area contributed by atoms with Crippen LogP contribution in [0.15, 0.2) is 18.2 Å². The van der Waals surface area contributed by atoms with Gasteiger partial charge in [0.2, 0.25) is 0 Å². The van der Waals surface area contributed by atoms with Crippen LogP contribution in [0.5, 0.6) is 0 Å². The highest BCUT2D eigenvalue weighted by Gasteiger charge is 2.21. The fraction of sp³-hybridized carbons (Fsp3) is 0.412. The van der Waals surface area contributed by atoms with Crippen molar-refractivity contribution < 1.29 is 4.79 Å². The lowest BCUT2D eigenvalue weighted by atomic mass is 9.93. The number of nitrogens with zero attached hydrogens (tertiary/aromatic N) is 1. The molecule has 2 aromatic rings. The van der Waals surface area contributed by atoms with E-state index < -0.39 is 0 Å². The smallest absolute Gasteiger partial charge is 0.257 e. The number of thiazole rings is 1. The molecule has 1 amide bonds. The highest BCUT2D eigenvalue weighted by atomic mass is 32.1. The van der Waals surface area contributed by atoms with E-state index in [9.17, 15) is 4.79 Å². The molecule has 0 radical (unpaired) electrons. The summed E-state index contributed by atoms with van der Waals surface area (Å²) in [6.07, 6.45) is 3.32. The van der Waals surface area contributed by atoms with E-state index in [-0.39, 0.29) is 5.91 Å². The molecule has 3 nitrogen and oxygen atoms in total. The first-order chi connectivity index (χ1) is 10.0. The molecular formula is C17H20N2OS. The molecule has 1 atom stereocenters. The van der Waals surface area contributed by atoms with Crippen molar-refractivity contribution in [1.29, 1.82) is 0 Å². The topological polar surface area (TPSA) is 42.0 Å². The van der Waals surface area contributed by atoms with Gasteiger partial charge in [0.1, 0.15) is 0 Å². The van der Waals surface area contributed by atoms with Gasteiger partial charge in [-0.2, -0.15) is 0 Å². The molecule has 0 saturated heterocycles. The first kappa shape index (κ1) is 14.3. The van der Waals surface area contributed by atoms with Crippen molar-refractivity contribution in [3.8, 4) is 0 Å². The van der Waals surface area contributed by atoms with Gasteiger partial charge in [0, 0.05) is 10.4 Å². The van der Waals surface area contributed by atoms with Crippen molar-refractivity contribution in [2.75, 3.05) is 5.32 Å². The Morgan fingerprint density at radius 2 is 2.19 bits per heavy atom. The Bertz CT molecular complexity index is 690. The summed E-state index contributed by atoms with van der Waals surface area (Å²) < 4.78 is 0. The molecule has 1 aliphatic carbocycles. The Hall–Kier alpha value is -1.68. The van der Waals surface area contributed by atoms with Crippen molar-refractivity contribution in [3.63, 3.8) is 0 Å². The van der Waals surface area contributed by atoms with Gasteiger partial charge in [-0.15, -0.1) is 11.3 Å². The van der Waals surface area contributed by atoms with Crippen LogP contribution in [-0.2, 0) is 12.8 Å². The lowest BCUT2D eigenvalue weighted by Gasteiger charge is -2.15. The molecule has 0 bridgehead atoms. The third-order valence-electron chi connectivity index (χ3n) is 4.26. The average molecular weight is 300 g/mol. The summed E-state index contributed by atoms with van der Waals surface area (Å²) in [5.41, 5.74) is 4.07. The second kappa shape index (κ2) is 5.60. The number of carbonyl (C=O) groups is 1. The number of rotatable bonds is 2. The van der Waals surface area contributed by atoms with Crippen molar-refractivity contribution in [1.82, 2.24) is 4.98 Å². The van der Waals surface area contributed by atoms with Gasteiger partial charge in [-0.3, -0.25) is 10.1 Å². The molecule has 0 spiro atoms. The first-order valence-corrected chi connectivity index (χ1v) is 8.22. The number of nitrogens with one attached hydrogen (secondary N) is 1. The predicted molar refractivity (Wildman–Crippen MR) is 87.2 cm³/mol. The van der Waals surface area contributed by atoms with Gasteiger partial charge >= 0.3 is 0 Å². The normalized spacial score (nSPS) is 17.4. The molecule has 1 N–H and O–H groups in total. The maximum absolute atomic E-state index is 12.4. The van der Waals surface area contributed by atoms with E-state index in [4.69, 9.17) is 0 Å². The summed E-state index contributed by atoms with van der Waals surface area (Å²) in [6, 6.07) is 5.81. The predicted octanol–water partition coefficient (Wildman–Crippen LogP) is 4.14. The van der Waals surface area contributed by atoms with E-state index in [0.29, 0.717) is 0 Å². The van der Waals surface area contributed by atoms with Crippen LogP contribution in [0, 0.1) is 19.8 Å². The van der Waals surface area contributed by atoms with E-state index in [1.807, 2.05) is 32.0 Å². The van der Waals surface area contributed by atoms with Crippen LogP contribution in [0.3, 0.4) is 0 Å². The molecule has 21 heavy (non-hydrogen) atoms. The van der Waals surface area contributed by atoms with Gasteiger partial charge in [0.25, 0.3) is 5.91 Å². The average Bonchev–Trinajstić information content (AvgIpc) is 2.83. The van der Waals surface area contributed by atoms with Crippen LogP contribution in [0.25, 0.3) is 0 Å². The Balaban J connectivity index is 1.81. The number of aryl methyl sites for hydroxylation is 2. The van der Waals surface area contributed by atoms with Crippen molar-refractivity contribution in [2.24, 2.45) is 5.92 Å². The summed E-state index contributed by atoms with van der Waals surface area (Å²) in [4.78, 5) is 18.3. The van der Waals surface area contributed by atoms with Crippen molar-refractivity contribution >= 4 is 22.4 Å². The van der Waals surface area contributed by atoms with Gasteiger partial charge in [-0.25, -0.2) is 4.98 Å². The lowest BCUT2D eigenvalue weighted by molar-refractivity contribution is 0.102. The van der Waals surface area contributed by atoms with E-state index >= 15 is 0 Å². The van der Waals surface area contributed by atoms with Crippen LogP contribution < -0.4 is 5.32 Å². The van der Waals surface area contributed by atoms with Crippen molar-refractivity contribution in [3.05, 3.63) is 45.5 Å². The third-order valence-corrected chi connectivity index (χ3v) is 5.29. The Morgan fingerprint density at radius 1 is 1.38 bits per heavy atom. The van der Waals surface area contributed by atoms with Crippen LogP contribution in [-0.4, -0.2) is 10.9 Å². The van der Waals surface area contributed by atoms with Crippen molar-refractivity contribution in [2.45, 2.75) is 40.0 Å². The number of hydrogen-bond acceptors (Lipinski definition) is 3. The fourth-order valence-corrected chi connectivity index (χ4v) is 3.92. The number of anilines is 1. The zero-order chi connectivity index (χ0) is 15.0. The zero-order valence-electron chi connectivity index (χ0n) is 12.7. The minimum absolute atomic E-state index is 0.0599. The Labute approximate surface area is 129 Å². The zero-order valence-corrected chi connectivity index (χ0v) is 13.5. The third kappa shape index (κ3) is 2.86. The minimum Gasteiger partial charge on any atom is -0.298 e. The number of carbonyl (C=O) groups excluding carboxylic acids is 1. The van der Waals surface area contributed by atoms with E-state index in [1.165, 1.54) is 17.0 Å². The Morgan fingerprint density at radius 3 is 3.00 bits per heavy atom. The molecule has 0 aliphatic heterocycles. The molecule has 4 heteroatoms. The van der Waals surface area contributed by atoms with E-state index in [0.717, 1.165) is 40.6 Å². The van der Waals surface area contributed by atoms with Gasteiger partial charge in [0.15, 0.2) is 5.13 Å². The first-order valence-electron chi connectivity index (χ1n) is 7.40. The molecule has 1 aliphatic rings.